The lowest BCUT2D eigenvalue weighted by atomic mass is 9.93. The Hall–Kier alpha value is -4.46. The third-order valence-corrected chi connectivity index (χ3v) is 6.35. The van der Waals surface area contributed by atoms with Crippen molar-refractivity contribution in [2.45, 2.75) is 18.1 Å². The second-order valence-corrected chi connectivity index (χ2v) is 8.61. The molecular formula is C29H25N3O4. The number of aromatic amines is 2. The number of benzene rings is 3. The van der Waals surface area contributed by atoms with Gasteiger partial charge in [0.25, 0.3) is 5.69 Å². The van der Waals surface area contributed by atoms with Crippen LogP contribution in [0.1, 0.15) is 57.6 Å². The zero-order valence-electron chi connectivity index (χ0n) is 19.3. The normalized spacial score (nSPS) is 13.7. The van der Waals surface area contributed by atoms with Gasteiger partial charge < -0.3 is 20.2 Å². The minimum absolute atomic E-state index is 0.135. The molecular weight excluding hydrogens is 454 g/mol. The Morgan fingerprint density at radius 3 is 1.64 bits per heavy atom. The van der Waals surface area contributed by atoms with E-state index < -0.39 is 17.1 Å². The molecule has 0 spiro atoms. The Labute approximate surface area is 207 Å². The average molecular weight is 480 g/mol. The number of nitro groups is 1. The molecule has 7 nitrogen and oxygen atoms in total. The number of rotatable bonds is 8. The third-order valence-electron chi connectivity index (χ3n) is 6.35. The Morgan fingerprint density at radius 2 is 1.06 bits per heavy atom. The van der Waals surface area contributed by atoms with Gasteiger partial charge in [0, 0.05) is 28.8 Å². The molecule has 2 aromatic heterocycles. The van der Waals surface area contributed by atoms with Crippen LogP contribution in [-0.2, 0) is 0 Å². The van der Waals surface area contributed by atoms with Crippen molar-refractivity contribution in [1.29, 1.82) is 0 Å². The van der Waals surface area contributed by atoms with E-state index in [9.17, 15) is 20.3 Å². The van der Waals surface area contributed by atoms with Crippen LogP contribution in [0.4, 0.5) is 5.69 Å². The van der Waals surface area contributed by atoms with Gasteiger partial charge in [-0.15, -0.1) is 0 Å². The van der Waals surface area contributed by atoms with E-state index in [-0.39, 0.29) is 17.2 Å². The first-order valence-corrected chi connectivity index (χ1v) is 11.6. The average Bonchev–Trinajstić information content (AvgIpc) is 3.60. The van der Waals surface area contributed by atoms with Crippen molar-refractivity contribution < 1.29 is 15.1 Å². The van der Waals surface area contributed by atoms with E-state index in [4.69, 9.17) is 0 Å². The summed E-state index contributed by atoms with van der Waals surface area (Å²) in [5.41, 5.74) is 4.67. The highest BCUT2D eigenvalue weighted by Crippen LogP contribution is 2.35. The lowest BCUT2D eigenvalue weighted by molar-refractivity contribution is -0.386. The van der Waals surface area contributed by atoms with Crippen molar-refractivity contribution in [3.05, 3.63) is 159 Å². The molecule has 0 fully saturated rings. The maximum Gasteiger partial charge on any atom is 0.275 e. The zero-order valence-corrected chi connectivity index (χ0v) is 19.3. The highest BCUT2D eigenvalue weighted by atomic mass is 16.6. The van der Waals surface area contributed by atoms with Crippen molar-refractivity contribution in [3.63, 3.8) is 0 Å². The molecule has 5 aromatic rings. The monoisotopic (exact) mass is 479 g/mol. The van der Waals surface area contributed by atoms with Crippen molar-refractivity contribution in [1.82, 2.24) is 9.97 Å². The SMILES string of the molecule is O=[N+]([O-])c1ccccc1C(O)c1ccc(C(c2ccccc2)c2ccc(C(O)c3ccccc3)[nH]2)[nH]1. The van der Waals surface area contributed by atoms with Gasteiger partial charge in [0.05, 0.1) is 16.4 Å². The van der Waals surface area contributed by atoms with Crippen LogP contribution in [0.15, 0.2) is 109 Å². The van der Waals surface area contributed by atoms with E-state index >= 15 is 0 Å². The number of nitro benzene ring substituents is 1. The number of aromatic nitrogens is 2. The summed E-state index contributed by atoms with van der Waals surface area (Å²) in [6.07, 6.45) is -1.98. The third kappa shape index (κ3) is 4.57. The van der Waals surface area contributed by atoms with Gasteiger partial charge in [-0.25, -0.2) is 0 Å². The Kier molecular flexibility index (Phi) is 6.49. The molecule has 0 amide bonds. The van der Waals surface area contributed by atoms with Crippen LogP contribution in [0, 0.1) is 10.1 Å². The number of hydrogen-bond acceptors (Lipinski definition) is 4. The van der Waals surface area contributed by atoms with Crippen molar-refractivity contribution in [2.24, 2.45) is 0 Å². The van der Waals surface area contributed by atoms with Crippen LogP contribution >= 0.6 is 0 Å². The molecule has 0 bridgehead atoms. The minimum Gasteiger partial charge on any atom is -0.382 e. The molecule has 0 aliphatic carbocycles. The number of nitrogens with one attached hydrogen (secondary N) is 2. The fourth-order valence-corrected chi connectivity index (χ4v) is 4.55. The van der Waals surface area contributed by atoms with Crippen LogP contribution in [-0.4, -0.2) is 25.1 Å². The fraction of sp³-hybridized carbons (Fsp3) is 0.103. The second-order valence-electron chi connectivity index (χ2n) is 8.61. The van der Waals surface area contributed by atoms with Crippen LogP contribution in [0.2, 0.25) is 0 Å². The summed E-state index contributed by atoms with van der Waals surface area (Å²) in [4.78, 5) is 17.6. The molecule has 0 saturated carbocycles. The summed E-state index contributed by atoms with van der Waals surface area (Å²) in [5.74, 6) is -0.241. The molecule has 4 N–H and O–H groups in total. The summed E-state index contributed by atoms with van der Waals surface area (Å²) in [6, 6.07) is 32.9. The van der Waals surface area contributed by atoms with Gasteiger partial charge in [0.2, 0.25) is 0 Å². The first kappa shape index (κ1) is 23.3. The molecule has 3 unspecified atom stereocenters. The summed E-state index contributed by atoms with van der Waals surface area (Å²) >= 11 is 0. The van der Waals surface area contributed by atoms with Crippen LogP contribution in [0.5, 0.6) is 0 Å². The molecule has 3 atom stereocenters. The lowest BCUT2D eigenvalue weighted by Crippen LogP contribution is -2.08. The number of aliphatic hydroxyl groups excluding tert-OH is 2. The number of H-pyrrole nitrogens is 2. The van der Waals surface area contributed by atoms with E-state index in [1.54, 1.807) is 24.3 Å². The van der Waals surface area contributed by atoms with Crippen molar-refractivity contribution in [2.75, 3.05) is 0 Å². The van der Waals surface area contributed by atoms with E-state index in [1.165, 1.54) is 6.07 Å². The predicted octanol–water partition coefficient (Wildman–Crippen LogP) is 5.59. The van der Waals surface area contributed by atoms with Gasteiger partial charge in [-0.3, -0.25) is 10.1 Å². The zero-order chi connectivity index (χ0) is 25.1. The number of nitrogens with zero attached hydrogens (tertiary/aromatic N) is 1. The van der Waals surface area contributed by atoms with Gasteiger partial charge in [-0.05, 0) is 41.5 Å². The summed E-state index contributed by atoms with van der Waals surface area (Å²) in [7, 11) is 0. The van der Waals surface area contributed by atoms with Crippen LogP contribution in [0.3, 0.4) is 0 Å². The molecule has 0 radical (unpaired) electrons. The quantitative estimate of drug-likeness (QED) is 0.171. The number of aliphatic hydroxyl groups is 2. The van der Waals surface area contributed by atoms with Crippen molar-refractivity contribution >= 4 is 5.69 Å². The smallest absolute Gasteiger partial charge is 0.275 e. The Bertz CT molecular complexity index is 1460. The standard InChI is InChI=1S/C29H25N3O4/c33-28(20-11-5-2-6-12-20)24-17-15-22(30-24)27(19-9-3-1-4-10-19)23-16-18-25(31-23)29(34)21-13-7-8-14-26(21)32(35)36/h1-18,27-31,33-34H. The summed E-state index contributed by atoms with van der Waals surface area (Å²) in [6.45, 7) is 0. The Balaban J connectivity index is 1.51. The molecule has 7 heteroatoms. The highest BCUT2D eigenvalue weighted by Gasteiger charge is 2.26. The lowest BCUT2D eigenvalue weighted by Gasteiger charge is -2.17. The van der Waals surface area contributed by atoms with E-state index in [0.29, 0.717) is 11.4 Å². The van der Waals surface area contributed by atoms with E-state index in [1.807, 2.05) is 78.9 Å². The maximum atomic E-state index is 11.5. The van der Waals surface area contributed by atoms with E-state index in [2.05, 4.69) is 9.97 Å². The van der Waals surface area contributed by atoms with Crippen LogP contribution in [0.25, 0.3) is 0 Å². The molecule has 3 aromatic carbocycles. The minimum atomic E-state index is -1.18. The topological polar surface area (TPSA) is 115 Å². The van der Waals surface area contributed by atoms with Crippen LogP contribution < -0.4 is 0 Å². The molecule has 0 aliphatic rings. The van der Waals surface area contributed by atoms with Gasteiger partial charge >= 0.3 is 0 Å². The van der Waals surface area contributed by atoms with Gasteiger partial charge in [0.1, 0.15) is 12.2 Å². The van der Waals surface area contributed by atoms with E-state index in [0.717, 1.165) is 22.5 Å². The fourth-order valence-electron chi connectivity index (χ4n) is 4.55. The summed E-state index contributed by atoms with van der Waals surface area (Å²) < 4.78 is 0. The second kappa shape index (κ2) is 10.0. The molecule has 36 heavy (non-hydrogen) atoms. The number of para-hydroxylation sites is 1. The molecule has 2 heterocycles. The highest BCUT2D eigenvalue weighted by molar-refractivity contribution is 5.46. The first-order valence-electron chi connectivity index (χ1n) is 11.6. The molecule has 0 aliphatic heterocycles. The molecule has 5 rings (SSSR count). The van der Waals surface area contributed by atoms with Gasteiger partial charge in [-0.1, -0.05) is 72.8 Å². The largest absolute Gasteiger partial charge is 0.382 e. The molecule has 0 saturated heterocycles. The predicted molar refractivity (Wildman–Crippen MR) is 137 cm³/mol. The van der Waals surface area contributed by atoms with Gasteiger partial charge in [0.15, 0.2) is 0 Å². The first-order chi connectivity index (χ1) is 17.5. The molecule has 180 valence electrons. The Morgan fingerprint density at radius 1 is 0.583 bits per heavy atom. The number of hydrogen-bond donors (Lipinski definition) is 4. The van der Waals surface area contributed by atoms with Gasteiger partial charge in [-0.2, -0.15) is 0 Å². The maximum absolute atomic E-state index is 11.5. The summed E-state index contributed by atoms with van der Waals surface area (Å²) in [5, 5.41) is 33.3. The van der Waals surface area contributed by atoms with Crippen molar-refractivity contribution in [3.8, 4) is 0 Å².